The number of rotatable bonds is 4. The molecule has 0 amide bonds. The van der Waals surface area contributed by atoms with Crippen molar-refractivity contribution in [2.45, 2.75) is 40.3 Å². The fourth-order valence-corrected chi connectivity index (χ4v) is 2.49. The third-order valence-corrected chi connectivity index (χ3v) is 4.40. The third kappa shape index (κ3) is 1.86. The van der Waals surface area contributed by atoms with E-state index in [0.29, 0.717) is 18.3 Å². The molecular weight excluding hydrogens is 218 g/mol. The molecule has 1 aliphatic carbocycles. The minimum Gasteiger partial charge on any atom is -0.478 e. The van der Waals surface area contributed by atoms with Crippen molar-refractivity contribution in [2.75, 3.05) is 0 Å². The van der Waals surface area contributed by atoms with E-state index >= 15 is 0 Å². The lowest BCUT2D eigenvalue weighted by Crippen LogP contribution is -2.21. The van der Waals surface area contributed by atoms with E-state index in [9.17, 15) is 4.79 Å². The molecule has 1 aromatic rings. The van der Waals surface area contributed by atoms with Crippen molar-refractivity contribution in [1.82, 2.24) is 5.32 Å². The summed E-state index contributed by atoms with van der Waals surface area (Å²) in [5, 5.41) is 12.2. The van der Waals surface area contributed by atoms with E-state index < -0.39 is 5.97 Å². The molecule has 2 rings (SSSR count). The van der Waals surface area contributed by atoms with E-state index in [4.69, 9.17) is 9.52 Å². The van der Waals surface area contributed by atoms with Gasteiger partial charge in [-0.2, -0.15) is 0 Å². The summed E-state index contributed by atoms with van der Waals surface area (Å²) >= 11 is 0. The molecule has 1 heterocycles. The lowest BCUT2D eigenvalue weighted by atomic mass is 10.0. The summed E-state index contributed by atoms with van der Waals surface area (Å²) in [6.07, 6.45) is 1.28. The first-order chi connectivity index (χ1) is 7.76. The van der Waals surface area contributed by atoms with Crippen LogP contribution in [0.1, 0.15) is 43.8 Å². The van der Waals surface area contributed by atoms with Crippen molar-refractivity contribution in [1.29, 1.82) is 0 Å². The van der Waals surface area contributed by atoms with Crippen molar-refractivity contribution in [3.05, 3.63) is 23.7 Å². The summed E-state index contributed by atoms with van der Waals surface area (Å²) < 4.78 is 5.20. The molecular formula is C13H19NO3. The summed E-state index contributed by atoms with van der Waals surface area (Å²) in [5.41, 5.74) is 0.751. The molecule has 1 aromatic heterocycles. The summed E-state index contributed by atoms with van der Waals surface area (Å²) in [6, 6.07) is 2.01. The molecule has 4 nitrogen and oxygen atoms in total. The average molecular weight is 237 g/mol. The van der Waals surface area contributed by atoms with Crippen LogP contribution < -0.4 is 5.32 Å². The number of furan rings is 1. The van der Waals surface area contributed by atoms with Crippen LogP contribution >= 0.6 is 0 Å². The topological polar surface area (TPSA) is 62.5 Å². The van der Waals surface area contributed by atoms with Crippen LogP contribution in [0.2, 0.25) is 0 Å². The van der Waals surface area contributed by atoms with Gasteiger partial charge < -0.3 is 14.8 Å². The van der Waals surface area contributed by atoms with Crippen LogP contribution in [0, 0.1) is 10.8 Å². The molecule has 0 aromatic carbocycles. The normalized spacial score (nSPS) is 21.4. The van der Waals surface area contributed by atoms with E-state index in [1.54, 1.807) is 6.07 Å². The number of carbonyl (C=O) groups is 1. The lowest BCUT2D eigenvalue weighted by Gasteiger charge is -2.03. The Kier molecular flexibility index (Phi) is 2.58. The molecule has 1 aliphatic rings. The predicted octanol–water partition coefficient (Wildman–Crippen LogP) is 2.50. The van der Waals surface area contributed by atoms with E-state index in [2.05, 4.69) is 33.0 Å². The van der Waals surface area contributed by atoms with Gasteiger partial charge in [0.1, 0.15) is 12.0 Å². The first-order valence-electron chi connectivity index (χ1n) is 5.81. The molecule has 0 spiro atoms. The fraction of sp³-hybridized carbons (Fsp3) is 0.615. The van der Waals surface area contributed by atoms with Gasteiger partial charge in [0, 0.05) is 6.04 Å². The van der Waals surface area contributed by atoms with Crippen molar-refractivity contribution < 1.29 is 14.3 Å². The van der Waals surface area contributed by atoms with Gasteiger partial charge in [0.15, 0.2) is 0 Å². The van der Waals surface area contributed by atoms with E-state index in [1.165, 1.54) is 6.26 Å². The molecule has 0 aliphatic heterocycles. The van der Waals surface area contributed by atoms with Gasteiger partial charge in [-0.25, -0.2) is 4.79 Å². The Morgan fingerprint density at radius 2 is 2.00 bits per heavy atom. The van der Waals surface area contributed by atoms with Crippen molar-refractivity contribution >= 4 is 5.97 Å². The Labute approximate surface area is 101 Å². The largest absolute Gasteiger partial charge is 0.478 e. The van der Waals surface area contributed by atoms with E-state index in [0.717, 1.165) is 0 Å². The Morgan fingerprint density at radius 1 is 1.41 bits per heavy atom. The van der Waals surface area contributed by atoms with Crippen LogP contribution in [-0.4, -0.2) is 17.1 Å². The van der Waals surface area contributed by atoms with Gasteiger partial charge >= 0.3 is 5.97 Å². The van der Waals surface area contributed by atoms with Crippen LogP contribution in [0.4, 0.5) is 0 Å². The molecule has 17 heavy (non-hydrogen) atoms. The zero-order valence-electron chi connectivity index (χ0n) is 10.7. The minimum absolute atomic E-state index is 0.205. The number of carboxylic acid groups (broad SMARTS) is 1. The average Bonchev–Trinajstić information content (AvgIpc) is 2.58. The Hall–Kier alpha value is -1.29. The highest BCUT2D eigenvalue weighted by Gasteiger charge is 2.64. The smallest absolute Gasteiger partial charge is 0.338 e. The van der Waals surface area contributed by atoms with Crippen LogP contribution in [0.5, 0.6) is 0 Å². The Balaban J connectivity index is 1.93. The van der Waals surface area contributed by atoms with Crippen LogP contribution in [0.25, 0.3) is 0 Å². The maximum atomic E-state index is 10.7. The molecule has 0 bridgehead atoms. The number of carboxylic acids is 1. The summed E-state index contributed by atoms with van der Waals surface area (Å²) in [6.45, 7) is 9.50. The third-order valence-electron chi connectivity index (χ3n) is 4.40. The van der Waals surface area contributed by atoms with Crippen LogP contribution in [0.3, 0.4) is 0 Å². The minimum atomic E-state index is -0.952. The highest BCUT2D eigenvalue weighted by atomic mass is 16.4. The molecule has 94 valence electrons. The molecule has 0 atom stereocenters. The van der Waals surface area contributed by atoms with Gasteiger partial charge in [-0.05, 0) is 16.9 Å². The molecule has 0 saturated heterocycles. The summed E-state index contributed by atoms with van der Waals surface area (Å²) in [5.74, 6) is -0.284. The molecule has 1 fully saturated rings. The van der Waals surface area contributed by atoms with Crippen LogP contribution in [0.15, 0.2) is 16.7 Å². The van der Waals surface area contributed by atoms with Gasteiger partial charge in [-0.1, -0.05) is 27.7 Å². The Bertz CT molecular complexity index is 431. The number of hydrogen-bond donors (Lipinski definition) is 2. The monoisotopic (exact) mass is 237 g/mol. The second kappa shape index (κ2) is 3.60. The number of hydrogen-bond acceptors (Lipinski definition) is 3. The molecule has 0 radical (unpaired) electrons. The number of nitrogens with one attached hydrogen (secondary N) is 1. The molecule has 2 N–H and O–H groups in total. The standard InChI is InChI=1S/C13H19NO3/c1-12(2)11(13(12,3)4)14-6-9-5-8(7-17-9)10(15)16/h5,7,11,14H,6H2,1-4H3,(H,15,16). The Morgan fingerprint density at radius 3 is 2.41 bits per heavy atom. The van der Waals surface area contributed by atoms with Gasteiger partial charge in [0.2, 0.25) is 0 Å². The zero-order valence-corrected chi connectivity index (χ0v) is 10.7. The summed E-state index contributed by atoms with van der Waals surface area (Å²) in [4.78, 5) is 10.7. The molecule has 0 unspecified atom stereocenters. The lowest BCUT2D eigenvalue weighted by molar-refractivity contribution is 0.0696. The maximum Gasteiger partial charge on any atom is 0.338 e. The zero-order chi connectivity index (χ0) is 12.8. The predicted molar refractivity (Wildman–Crippen MR) is 63.9 cm³/mol. The van der Waals surface area contributed by atoms with Crippen molar-refractivity contribution in [3.8, 4) is 0 Å². The quantitative estimate of drug-likeness (QED) is 0.844. The number of aromatic carboxylic acids is 1. The highest BCUT2D eigenvalue weighted by molar-refractivity contribution is 5.87. The van der Waals surface area contributed by atoms with Crippen molar-refractivity contribution in [2.24, 2.45) is 10.8 Å². The van der Waals surface area contributed by atoms with E-state index in [-0.39, 0.29) is 16.4 Å². The second-order valence-corrected chi connectivity index (χ2v) is 5.86. The van der Waals surface area contributed by atoms with E-state index in [1.807, 2.05) is 0 Å². The fourth-order valence-electron chi connectivity index (χ4n) is 2.49. The summed E-state index contributed by atoms with van der Waals surface area (Å²) in [7, 11) is 0. The van der Waals surface area contributed by atoms with Crippen molar-refractivity contribution in [3.63, 3.8) is 0 Å². The highest BCUT2D eigenvalue weighted by Crippen LogP contribution is 2.62. The second-order valence-electron chi connectivity index (χ2n) is 5.86. The van der Waals surface area contributed by atoms with Gasteiger partial charge in [-0.15, -0.1) is 0 Å². The molecule has 1 saturated carbocycles. The first kappa shape index (κ1) is 12.2. The van der Waals surface area contributed by atoms with Crippen LogP contribution in [-0.2, 0) is 6.54 Å². The van der Waals surface area contributed by atoms with Gasteiger partial charge in [0.05, 0.1) is 12.1 Å². The van der Waals surface area contributed by atoms with Gasteiger partial charge in [-0.3, -0.25) is 0 Å². The maximum absolute atomic E-state index is 10.7. The van der Waals surface area contributed by atoms with Gasteiger partial charge in [0.25, 0.3) is 0 Å². The first-order valence-corrected chi connectivity index (χ1v) is 5.81. The SMILES string of the molecule is CC1(C)C(NCc2cc(C(=O)O)co2)C1(C)C. The molecule has 4 heteroatoms.